The van der Waals surface area contributed by atoms with Crippen LogP contribution in [0.15, 0.2) is 46.9 Å². The average molecular weight is 454 g/mol. The Bertz CT molecular complexity index is 829. The Hall–Kier alpha value is -2.05. The Balaban J connectivity index is 2.16. The quantitative estimate of drug-likeness (QED) is 0.690. The first-order valence-corrected chi connectivity index (χ1v) is 9.64. The summed E-state index contributed by atoms with van der Waals surface area (Å²) in [6.45, 7) is 3.66. The van der Waals surface area contributed by atoms with Gasteiger partial charge in [-0.15, -0.1) is 0 Å². The number of ether oxygens (including phenoxy) is 1. The van der Waals surface area contributed by atoms with E-state index in [2.05, 4.69) is 21.2 Å². The Kier molecular flexibility index (Phi) is 7.68. The molecule has 0 aliphatic heterocycles. The molecule has 2 amide bonds. The van der Waals surface area contributed by atoms with Crippen LogP contribution in [0.5, 0.6) is 5.75 Å². The summed E-state index contributed by atoms with van der Waals surface area (Å²) in [6, 6.07) is 12.1. The maximum atomic E-state index is 12.8. The fourth-order valence-corrected chi connectivity index (χ4v) is 2.98. The summed E-state index contributed by atoms with van der Waals surface area (Å²) in [4.78, 5) is 26.4. The third kappa shape index (κ3) is 5.71. The first-order chi connectivity index (χ1) is 12.8. The van der Waals surface area contributed by atoms with Crippen LogP contribution in [-0.2, 0) is 16.1 Å². The van der Waals surface area contributed by atoms with Crippen molar-refractivity contribution < 1.29 is 14.3 Å². The number of benzene rings is 2. The minimum atomic E-state index is -0.658. The third-order valence-electron chi connectivity index (χ3n) is 4.20. The van der Waals surface area contributed by atoms with Crippen molar-refractivity contribution in [1.82, 2.24) is 10.2 Å². The molecule has 2 aromatic rings. The van der Waals surface area contributed by atoms with Crippen molar-refractivity contribution in [3.05, 3.63) is 63.1 Å². The van der Waals surface area contributed by atoms with Crippen molar-refractivity contribution in [2.45, 2.75) is 26.4 Å². The second-order valence-corrected chi connectivity index (χ2v) is 7.36. The number of likely N-dealkylation sites (N-methyl/N-ethyl adjacent to an activating group) is 1. The fraction of sp³-hybridized carbons (Fsp3) is 0.300. The monoisotopic (exact) mass is 452 g/mol. The highest BCUT2D eigenvalue weighted by Crippen LogP contribution is 2.22. The van der Waals surface area contributed by atoms with Gasteiger partial charge in [0.05, 0.1) is 0 Å². The highest BCUT2D eigenvalue weighted by molar-refractivity contribution is 9.10. The van der Waals surface area contributed by atoms with Gasteiger partial charge in [-0.25, -0.2) is 0 Å². The lowest BCUT2D eigenvalue weighted by Crippen LogP contribution is -2.48. The lowest BCUT2D eigenvalue weighted by Gasteiger charge is -2.28. The largest absolute Gasteiger partial charge is 0.484 e. The van der Waals surface area contributed by atoms with Gasteiger partial charge in [0.15, 0.2) is 6.61 Å². The number of amides is 2. The van der Waals surface area contributed by atoms with E-state index < -0.39 is 6.04 Å². The number of halogens is 2. The molecule has 7 heteroatoms. The van der Waals surface area contributed by atoms with Crippen molar-refractivity contribution in [3.63, 3.8) is 0 Å². The molecule has 144 valence electrons. The van der Waals surface area contributed by atoms with E-state index in [0.717, 1.165) is 15.6 Å². The molecule has 1 unspecified atom stereocenters. The van der Waals surface area contributed by atoms with Crippen molar-refractivity contribution in [3.8, 4) is 5.75 Å². The molecular formula is C20H22BrClN2O3. The van der Waals surface area contributed by atoms with Gasteiger partial charge < -0.3 is 15.0 Å². The highest BCUT2D eigenvalue weighted by Gasteiger charge is 2.26. The highest BCUT2D eigenvalue weighted by atomic mass is 79.9. The van der Waals surface area contributed by atoms with Crippen LogP contribution in [0, 0.1) is 6.92 Å². The van der Waals surface area contributed by atoms with E-state index in [0.29, 0.717) is 10.8 Å². The smallest absolute Gasteiger partial charge is 0.261 e. The number of nitrogens with zero attached hydrogens (tertiary/aromatic N) is 1. The summed E-state index contributed by atoms with van der Waals surface area (Å²) in [6.07, 6.45) is 0. The number of nitrogens with one attached hydrogen (secondary N) is 1. The maximum absolute atomic E-state index is 12.8. The molecule has 0 radical (unpaired) electrons. The van der Waals surface area contributed by atoms with Crippen molar-refractivity contribution in [1.29, 1.82) is 0 Å². The van der Waals surface area contributed by atoms with Crippen LogP contribution >= 0.6 is 27.5 Å². The summed E-state index contributed by atoms with van der Waals surface area (Å²) in [7, 11) is 1.54. The molecule has 0 aliphatic rings. The lowest BCUT2D eigenvalue weighted by molar-refractivity contribution is -0.142. The normalized spacial score (nSPS) is 11.6. The van der Waals surface area contributed by atoms with E-state index in [4.69, 9.17) is 16.3 Å². The van der Waals surface area contributed by atoms with Gasteiger partial charge in [0.25, 0.3) is 5.91 Å². The molecule has 2 aromatic carbocycles. The predicted molar refractivity (Wildman–Crippen MR) is 110 cm³/mol. The predicted octanol–water partition coefficient (Wildman–Crippen LogP) is 3.95. The zero-order valence-electron chi connectivity index (χ0n) is 15.5. The second-order valence-electron chi connectivity index (χ2n) is 6.10. The average Bonchev–Trinajstić information content (AvgIpc) is 2.66. The van der Waals surface area contributed by atoms with E-state index >= 15 is 0 Å². The first-order valence-electron chi connectivity index (χ1n) is 8.47. The minimum absolute atomic E-state index is 0.174. The Labute approximate surface area is 172 Å². The molecule has 1 N–H and O–H groups in total. The Morgan fingerprint density at radius 1 is 1.26 bits per heavy atom. The molecule has 0 bridgehead atoms. The molecule has 0 saturated heterocycles. The molecule has 0 heterocycles. The zero-order valence-corrected chi connectivity index (χ0v) is 17.8. The van der Waals surface area contributed by atoms with E-state index in [1.807, 2.05) is 37.3 Å². The van der Waals surface area contributed by atoms with Gasteiger partial charge in [-0.2, -0.15) is 0 Å². The van der Waals surface area contributed by atoms with Crippen molar-refractivity contribution in [2.24, 2.45) is 0 Å². The summed E-state index contributed by atoms with van der Waals surface area (Å²) < 4.78 is 6.61. The molecule has 5 nitrogen and oxygen atoms in total. The number of carbonyl (C=O) groups is 2. The van der Waals surface area contributed by atoms with Crippen LogP contribution in [0.25, 0.3) is 0 Å². The summed E-state index contributed by atoms with van der Waals surface area (Å²) >= 11 is 9.65. The van der Waals surface area contributed by atoms with Crippen molar-refractivity contribution >= 4 is 39.3 Å². The maximum Gasteiger partial charge on any atom is 0.261 e. The van der Waals surface area contributed by atoms with Gasteiger partial charge in [0.2, 0.25) is 5.91 Å². The van der Waals surface area contributed by atoms with Gasteiger partial charge in [0.1, 0.15) is 11.8 Å². The zero-order chi connectivity index (χ0) is 20.0. The molecule has 1 atom stereocenters. The standard InChI is InChI=1S/C20H22BrClN2O3/c1-13-10-16(8-9-17(13)21)27-12-19(25)24(14(2)20(26)23-3)11-15-6-4-5-7-18(15)22/h4-10,14H,11-12H2,1-3H3,(H,23,26). The fourth-order valence-electron chi connectivity index (χ4n) is 2.54. The van der Waals surface area contributed by atoms with E-state index in [-0.39, 0.29) is 25.0 Å². The number of carbonyl (C=O) groups excluding carboxylic acids is 2. The second kappa shape index (κ2) is 9.76. The van der Waals surface area contributed by atoms with Gasteiger partial charge >= 0.3 is 0 Å². The van der Waals surface area contributed by atoms with Crippen molar-refractivity contribution in [2.75, 3.05) is 13.7 Å². The summed E-state index contributed by atoms with van der Waals surface area (Å²) in [5.74, 6) is 0.0378. The third-order valence-corrected chi connectivity index (χ3v) is 5.46. The number of rotatable bonds is 7. The molecule has 0 aliphatic carbocycles. The number of aryl methyl sites for hydroxylation is 1. The van der Waals surface area contributed by atoms with Crippen LogP contribution in [0.3, 0.4) is 0 Å². The summed E-state index contributed by atoms with van der Waals surface area (Å²) in [5, 5.41) is 3.12. The SMILES string of the molecule is CNC(=O)C(C)N(Cc1ccccc1Cl)C(=O)COc1ccc(Br)c(C)c1. The van der Waals surface area contributed by atoms with Crippen LogP contribution in [0.2, 0.25) is 5.02 Å². The molecule has 0 spiro atoms. The van der Waals surface area contributed by atoms with Crippen LogP contribution in [0.1, 0.15) is 18.1 Å². The van der Waals surface area contributed by atoms with Crippen LogP contribution < -0.4 is 10.1 Å². The van der Waals surface area contributed by atoms with Gasteiger partial charge in [-0.1, -0.05) is 45.7 Å². The van der Waals surface area contributed by atoms with E-state index in [9.17, 15) is 9.59 Å². The molecule has 0 saturated carbocycles. The molecule has 2 rings (SSSR count). The minimum Gasteiger partial charge on any atom is -0.484 e. The van der Waals surface area contributed by atoms with Gasteiger partial charge in [0, 0.05) is 23.1 Å². The Morgan fingerprint density at radius 2 is 1.96 bits per heavy atom. The Morgan fingerprint density at radius 3 is 2.59 bits per heavy atom. The van der Waals surface area contributed by atoms with E-state index in [1.165, 1.54) is 11.9 Å². The van der Waals surface area contributed by atoms with Gasteiger partial charge in [-0.05, 0) is 49.2 Å². The molecule has 0 aromatic heterocycles. The topological polar surface area (TPSA) is 58.6 Å². The molecular weight excluding hydrogens is 432 g/mol. The molecule has 0 fully saturated rings. The number of hydrogen-bond donors (Lipinski definition) is 1. The number of hydrogen-bond acceptors (Lipinski definition) is 3. The van der Waals surface area contributed by atoms with E-state index in [1.54, 1.807) is 19.1 Å². The summed E-state index contributed by atoms with van der Waals surface area (Å²) in [5.41, 5.74) is 1.77. The van der Waals surface area contributed by atoms with Crippen LogP contribution in [0.4, 0.5) is 0 Å². The van der Waals surface area contributed by atoms with Crippen LogP contribution in [-0.4, -0.2) is 36.4 Å². The first kappa shape index (κ1) is 21.3. The van der Waals surface area contributed by atoms with Gasteiger partial charge in [-0.3, -0.25) is 9.59 Å². The lowest BCUT2D eigenvalue weighted by atomic mass is 10.1. The molecule has 27 heavy (non-hydrogen) atoms.